The standard InChI is InChI=1S/C16H20BClO3/c1-15(2)16(3,4)21-17(20-15)13-8-7-11-10(9-19)5-6-12(11)14(13)18/h7-10H,5-6H2,1-4H3. The molecule has 0 saturated carbocycles. The van der Waals surface area contributed by atoms with E-state index in [0.717, 1.165) is 35.7 Å². The summed E-state index contributed by atoms with van der Waals surface area (Å²) in [6, 6.07) is 3.93. The summed E-state index contributed by atoms with van der Waals surface area (Å²) < 4.78 is 12.1. The molecule has 5 heteroatoms. The molecule has 2 aliphatic rings. The first kappa shape index (κ1) is 15.1. The van der Waals surface area contributed by atoms with Gasteiger partial charge in [-0.2, -0.15) is 0 Å². The van der Waals surface area contributed by atoms with E-state index in [1.165, 1.54) is 0 Å². The van der Waals surface area contributed by atoms with Gasteiger partial charge >= 0.3 is 7.12 Å². The highest BCUT2D eigenvalue weighted by atomic mass is 35.5. The molecule has 3 rings (SSSR count). The van der Waals surface area contributed by atoms with Gasteiger partial charge in [0.05, 0.1) is 11.2 Å². The number of aldehydes is 1. The molecule has 1 heterocycles. The number of rotatable bonds is 2. The van der Waals surface area contributed by atoms with Crippen LogP contribution in [0.5, 0.6) is 0 Å². The number of halogens is 1. The Balaban J connectivity index is 1.98. The maximum atomic E-state index is 11.1. The van der Waals surface area contributed by atoms with Gasteiger partial charge in [-0.1, -0.05) is 23.7 Å². The Morgan fingerprint density at radius 3 is 2.43 bits per heavy atom. The zero-order chi connectivity index (χ0) is 15.4. The zero-order valence-electron chi connectivity index (χ0n) is 12.9. The molecule has 1 atom stereocenters. The molecule has 0 bridgehead atoms. The molecule has 1 unspecified atom stereocenters. The van der Waals surface area contributed by atoms with E-state index >= 15 is 0 Å². The minimum Gasteiger partial charge on any atom is -0.399 e. The lowest BCUT2D eigenvalue weighted by Gasteiger charge is -2.32. The predicted molar refractivity (Wildman–Crippen MR) is 84.3 cm³/mol. The summed E-state index contributed by atoms with van der Waals surface area (Å²) in [5, 5.41) is 0.690. The number of benzene rings is 1. The van der Waals surface area contributed by atoms with Gasteiger partial charge in [-0.25, -0.2) is 0 Å². The molecule has 1 aromatic carbocycles. The molecule has 0 spiro atoms. The fourth-order valence-corrected chi connectivity index (χ4v) is 3.36. The van der Waals surface area contributed by atoms with Crippen molar-refractivity contribution in [3.63, 3.8) is 0 Å². The van der Waals surface area contributed by atoms with Gasteiger partial charge in [0.2, 0.25) is 0 Å². The molecular weight excluding hydrogens is 286 g/mol. The molecule has 0 aromatic heterocycles. The minimum absolute atomic E-state index is 0.0233. The number of carbonyl (C=O) groups excluding carboxylic acids is 1. The third-order valence-electron chi connectivity index (χ3n) is 5.09. The topological polar surface area (TPSA) is 35.5 Å². The van der Waals surface area contributed by atoms with Gasteiger partial charge in [0.15, 0.2) is 0 Å². The summed E-state index contributed by atoms with van der Waals surface area (Å²) in [6.45, 7) is 8.10. The van der Waals surface area contributed by atoms with Crippen LogP contribution in [-0.2, 0) is 20.5 Å². The van der Waals surface area contributed by atoms with E-state index in [0.29, 0.717) is 5.02 Å². The normalized spacial score (nSPS) is 26.0. The van der Waals surface area contributed by atoms with Crippen LogP contribution < -0.4 is 5.46 Å². The zero-order valence-corrected chi connectivity index (χ0v) is 13.7. The molecule has 0 N–H and O–H groups in total. The molecule has 0 radical (unpaired) electrons. The number of carbonyl (C=O) groups is 1. The smallest absolute Gasteiger partial charge is 0.399 e. The third-order valence-corrected chi connectivity index (χ3v) is 5.53. The van der Waals surface area contributed by atoms with Crippen LogP contribution in [0.15, 0.2) is 12.1 Å². The number of hydrogen-bond acceptors (Lipinski definition) is 3. The second-order valence-corrected chi connectivity index (χ2v) is 7.28. The largest absolute Gasteiger partial charge is 0.496 e. The summed E-state index contributed by atoms with van der Waals surface area (Å²) >= 11 is 6.57. The maximum Gasteiger partial charge on any atom is 0.496 e. The van der Waals surface area contributed by atoms with Gasteiger partial charge in [0, 0.05) is 16.4 Å². The lowest BCUT2D eigenvalue weighted by Crippen LogP contribution is -2.41. The Morgan fingerprint density at radius 2 is 1.86 bits per heavy atom. The van der Waals surface area contributed by atoms with Crippen LogP contribution in [0.25, 0.3) is 0 Å². The Labute approximate surface area is 131 Å². The van der Waals surface area contributed by atoms with E-state index in [1.54, 1.807) is 0 Å². The van der Waals surface area contributed by atoms with Crippen molar-refractivity contribution >= 4 is 30.5 Å². The Morgan fingerprint density at radius 1 is 1.24 bits per heavy atom. The maximum absolute atomic E-state index is 11.1. The van der Waals surface area contributed by atoms with Crippen molar-refractivity contribution in [3.05, 3.63) is 28.3 Å². The summed E-state index contributed by atoms with van der Waals surface area (Å²) in [4.78, 5) is 11.1. The molecule has 0 amide bonds. The van der Waals surface area contributed by atoms with Crippen LogP contribution in [0.4, 0.5) is 0 Å². The van der Waals surface area contributed by atoms with Gasteiger partial charge in [0.25, 0.3) is 0 Å². The van der Waals surface area contributed by atoms with Crippen LogP contribution >= 0.6 is 11.6 Å². The van der Waals surface area contributed by atoms with Crippen molar-refractivity contribution < 1.29 is 14.1 Å². The molecule has 1 aliphatic heterocycles. The van der Waals surface area contributed by atoms with Gasteiger partial charge in [-0.05, 0) is 51.7 Å². The number of fused-ring (bicyclic) bond motifs is 1. The molecule has 1 fully saturated rings. The first-order valence-corrected chi connectivity index (χ1v) is 7.77. The van der Waals surface area contributed by atoms with Crippen molar-refractivity contribution in [2.75, 3.05) is 0 Å². The summed E-state index contributed by atoms with van der Waals surface area (Å²) in [5.74, 6) is -0.0233. The van der Waals surface area contributed by atoms with Gasteiger partial charge in [-0.3, -0.25) is 0 Å². The monoisotopic (exact) mass is 306 g/mol. The molecule has 3 nitrogen and oxygen atoms in total. The lowest BCUT2D eigenvalue weighted by molar-refractivity contribution is -0.109. The van der Waals surface area contributed by atoms with Crippen molar-refractivity contribution in [3.8, 4) is 0 Å². The summed E-state index contributed by atoms with van der Waals surface area (Å²) in [5.41, 5.74) is 2.22. The van der Waals surface area contributed by atoms with Crippen LogP contribution in [0, 0.1) is 0 Å². The van der Waals surface area contributed by atoms with E-state index in [-0.39, 0.29) is 17.1 Å². The Bertz CT molecular complexity index is 581. The minimum atomic E-state index is -0.455. The van der Waals surface area contributed by atoms with Crippen molar-refractivity contribution in [1.29, 1.82) is 0 Å². The molecule has 1 aromatic rings. The Kier molecular flexibility index (Phi) is 3.47. The lowest BCUT2D eigenvalue weighted by atomic mass is 9.77. The predicted octanol–water partition coefficient (Wildman–Crippen LogP) is 2.87. The molecule has 1 aliphatic carbocycles. The third kappa shape index (κ3) is 2.24. The molecule has 112 valence electrons. The van der Waals surface area contributed by atoms with E-state index in [2.05, 4.69) is 0 Å². The molecule has 21 heavy (non-hydrogen) atoms. The van der Waals surface area contributed by atoms with Crippen LogP contribution in [0.2, 0.25) is 5.02 Å². The van der Waals surface area contributed by atoms with Gasteiger partial charge < -0.3 is 14.1 Å². The summed E-state index contributed by atoms with van der Waals surface area (Å²) in [7, 11) is -0.455. The molecular formula is C16H20BClO3. The van der Waals surface area contributed by atoms with Crippen molar-refractivity contribution in [1.82, 2.24) is 0 Å². The number of hydrogen-bond donors (Lipinski definition) is 0. The van der Waals surface area contributed by atoms with E-state index < -0.39 is 7.12 Å². The van der Waals surface area contributed by atoms with Crippen molar-refractivity contribution in [2.24, 2.45) is 0 Å². The van der Waals surface area contributed by atoms with Crippen LogP contribution in [0.3, 0.4) is 0 Å². The van der Waals surface area contributed by atoms with E-state index in [1.807, 2.05) is 39.8 Å². The highest BCUT2D eigenvalue weighted by Crippen LogP contribution is 2.39. The highest BCUT2D eigenvalue weighted by Gasteiger charge is 2.52. The van der Waals surface area contributed by atoms with Gasteiger partial charge in [-0.15, -0.1) is 0 Å². The quantitative estimate of drug-likeness (QED) is 0.622. The van der Waals surface area contributed by atoms with E-state index in [4.69, 9.17) is 20.9 Å². The average molecular weight is 307 g/mol. The van der Waals surface area contributed by atoms with Crippen molar-refractivity contribution in [2.45, 2.75) is 57.7 Å². The molecule has 1 saturated heterocycles. The van der Waals surface area contributed by atoms with Crippen LogP contribution in [-0.4, -0.2) is 24.6 Å². The van der Waals surface area contributed by atoms with Crippen LogP contribution in [0.1, 0.15) is 51.2 Å². The first-order chi connectivity index (χ1) is 9.77. The second kappa shape index (κ2) is 4.84. The Hall–Kier alpha value is -0.835. The average Bonchev–Trinajstić information content (AvgIpc) is 2.89. The SMILES string of the molecule is CC1(C)OB(c2ccc3c(c2Cl)CCC3C=O)OC1(C)C. The van der Waals surface area contributed by atoms with E-state index in [9.17, 15) is 4.79 Å². The second-order valence-electron chi connectivity index (χ2n) is 6.91. The summed E-state index contributed by atoms with van der Waals surface area (Å²) in [6.07, 6.45) is 2.69. The first-order valence-electron chi connectivity index (χ1n) is 7.39. The van der Waals surface area contributed by atoms with Gasteiger partial charge in [0.1, 0.15) is 6.29 Å². The fourth-order valence-electron chi connectivity index (χ4n) is 3.00. The highest BCUT2D eigenvalue weighted by molar-refractivity contribution is 6.65. The fraction of sp³-hybridized carbons (Fsp3) is 0.562.